The van der Waals surface area contributed by atoms with Crippen LogP contribution in [0.4, 0.5) is 13.2 Å². The van der Waals surface area contributed by atoms with E-state index >= 15 is 0 Å². The Morgan fingerprint density at radius 2 is 2.17 bits per heavy atom. The number of carboxylic acid groups (broad SMARTS) is 1. The summed E-state index contributed by atoms with van der Waals surface area (Å²) in [6.07, 6.45) is -3.80. The molecule has 0 aliphatic heterocycles. The molecule has 0 aliphatic rings. The van der Waals surface area contributed by atoms with E-state index < -0.39 is 18.0 Å². The second kappa shape index (κ2) is 2.50. The maximum Gasteiger partial charge on any atom is 0.489 e. The van der Waals surface area contributed by atoms with E-state index in [9.17, 15) is 18.0 Å². The first kappa shape index (κ1) is 8.57. The fourth-order valence-electron chi connectivity index (χ4n) is 0.572. The molecular weight excluding hydrogens is 177 g/mol. The molecule has 0 radical (unpaired) electrons. The molecule has 4 nitrogen and oxygen atoms in total. The summed E-state index contributed by atoms with van der Waals surface area (Å²) in [4.78, 5) is 13.1. The molecule has 7 heteroatoms. The predicted molar refractivity (Wildman–Crippen MR) is 30.5 cm³/mol. The SMILES string of the molecule is O=C(O)c1cn(C(F)(F)F)cn1. The van der Waals surface area contributed by atoms with Gasteiger partial charge in [-0.2, -0.15) is 0 Å². The quantitative estimate of drug-likeness (QED) is 0.702. The van der Waals surface area contributed by atoms with Crippen molar-refractivity contribution in [2.45, 2.75) is 6.30 Å². The molecule has 0 fully saturated rings. The lowest BCUT2D eigenvalue weighted by atomic mass is 10.5. The number of nitrogens with zero attached hydrogens (tertiary/aromatic N) is 2. The third kappa shape index (κ3) is 1.55. The third-order valence-corrected chi connectivity index (χ3v) is 1.09. The van der Waals surface area contributed by atoms with Gasteiger partial charge in [0.2, 0.25) is 0 Å². The van der Waals surface area contributed by atoms with Crippen molar-refractivity contribution in [1.29, 1.82) is 0 Å². The Morgan fingerprint density at radius 1 is 1.58 bits per heavy atom. The van der Waals surface area contributed by atoms with Crippen molar-refractivity contribution in [2.24, 2.45) is 0 Å². The molecule has 1 N–H and O–H groups in total. The minimum absolute atomic E-state index is 0.226. The van der Waals surface area contributed by atoms with Crippen LogP contribution in [0.2, 0.25) is 0 Å². The van der Waals surface area contributed by atoms with E-state index in [0.29, 0.717) is 12.5 Å². The molecule has 1 rings (SSSR count). The maximum absolute atomic E-state index is 11.8. The summed E-state index contributed by atoms with van der Waals surface area (Å²) in [5.74, 6) is -1.49. The van der Waals surface area contributed by atoms with Gasteiger partial charge in [0, 0.05) is 6.20 Å². The molecule has 0 atom stereocenters. The Kier molecular flexibility index (Phi) is 1.79. The normalized spacial score (nSPS) is 11.6. The molecule has 0 aromatic carbocycles. The topological polar surface area (TPSA) is 55.1 Å². The number of carboxylic acids is 1. The Bertz CT molecular complexity index is 304. The molecule has 0 spiro atoms. The number of hydrogen-bond acceptors (Lipinski definition) is 2. The monoisotopic (exact) mass is 180 g/mol. The second-order valence-electron chi connectivity index (χ2n) is 1.94. The molecule has 0 unspecified atom stereocenters. The van der Waals surface area contributed by atoms with Crippen LogP contribution < -0.4 is 0 Å². The Hall–Kier alpha value is -1.53. The largest absolute Gasteiger partial charge is 0.489 e. The van der Waals surface area contributed by atoms with E-state index in [-0.39, 0.29) is 4.57 Å². The van der Waals surface area contributed by atoms with Crippen LogP contribution in [0.15, 0.2) is 12.5 Å². The van der Waals surface area contributed by atoms with E-state index in [2.05, 4.69) is 4.98 Å². The fourth-order valence-corrected chi connectivity index (χ4v) is 0.572. The molecule has 12 heavy (non-hydrogen) atoms. The number of rotatable bonds is 1. The number of halogens is 3. The molecule has 1 heterocycles. The first-order valence-electron chi connectivity index (χ1n) is 2.76. The molecule has 0 aliphatic carbocycles. The zero-order chi connectivity index (χ0) is 9.35. The lowest BCUT2D eigenvalue weighted by molar-refractivity contribution is -0.204. The molecular formula is C5H3F3N2O2. The van der Waals surface area contributed by atoms with Crippen LogP contribution in [0.5, 0.6) is 0 Å². The van der Waals surface area contributed by atoms with Gasteiger partial charge in [-0.15, -0.1) is 13.2 Å². The average Bonchev–Trinajstić information content (AvgIpc) is 2.30. The highest BCUT2D eigenvalue weighted by molar-refractivity contribution is 5.84. The zero-order valence-electron chi connectivity index (χ0n) is 5.54. The van der Waals surface area contributed by atoms with E-state index in [4.69, 9.17) is 5.11 Å². The number of hydrogen-bond donors (Lipinski definition) is 1. The maximum atomic E-state index is 11.8. The zero-order valence-corrected chi connectivity index (χ0v) is 5.54. The number of aromatic carboxylic acids is 1. The predicted octanol–water partition coefficient (Wildman–Crippen LogP) is 1.06. The molecule has 0 saturated carbocycles. The summed E-state index contributed by atoms with van der Waals surface area (Å²) in [6.45, 7) is 0. The lowest BCUT2D eigenvalue weighted by Gasteiger charge is -2.04. The van der Waals surface area contributed by atoms with Crippen molar-refractivity contribution >= 4 is 5.97 Å². The lowest BCUT2D eigenvalue weighted by Crippen LogP contribution is -2.14. The molecule has 1 aromatic heterocycles. The van der Waals surface area contributed by atoms with Crippen molar-refractivity contribution in [3.8, 4) is 0 Å². The van der Waals surface area contributed by atoms with Gasteiger partial charge in [0.05, 0.1) is 0 Å². The molecule has 1 aromatic rings. The van der Waals surface area contributed by atoms with Crippen molar-refractivity contribution in [1.82, 2.24) is 9.55 Å². The summed E-state index contributed by atoms with van der Waals surface area (Å²) in [7, 11) is 0. The van der Waals surface area contributed by atoms with Crippen LogP contribution in [-0.2, 0) is 6.30 Å². The minimum Gasteiger partial charge on any atom is -0.476 e. The third-order valence-electron chi connectivity index (χ3n) is 1.09. The summed E-state index contributed by atoms with van der Waals surface area (Å²) < 4.78 is 35.2. The summed E-state index contributed by atoms with van der Waals surface area (Å²) in [5.41, 5.74) is -0.632. The van der Waals surface area contributed by atoms with Gasteiger partial charge in [-0.1, -0.05) is 0 Å². The van der Waals surface area contributed by atoms with Crippen molar-refractivity contribution in [3.05, 3.63) is 18.2 Å². The molecule has 0 saturated heterocycles. The molecule has 0 amide bonds. The smallest absolute Gasteiger partial charge is 0.476 e. The average molecular weight is 180 g/mol. The Labute approximate surface area is 64.3 Å². The first-order valence-corrected chi connectivity index (χ1v) is 2.76. The van der Waals surface area contributed by atoms with Gasteiger partial charge in [-0.25, -0.2) is 14.3 Å². The van der Waals surface area contributed by atoms with E-state index in [1.54, 1.807) is 0 Å². The summed E-state index contributed by atoms with van der Waals surface area (Å²) >= 11 is 0. The van der Waals surface area contributed by atoms with Crippen LogP contribution >= 0.6 is 0 Å². The van der Waals surface area contributed by atoms with Gasteiger partial charge >= 0.3 is 12.3 Å². The van der Waals surface area contributed by atoms with Gasteiger partial charge in [-0.3, -0.25) is 0 Å². The molecule has 66 valence electrons. The highest BCUT2D eigenvalue weighted by Crippen LogP contribution is 2.21. The van der Waals surface area contributed by atoms with Crippen LogP contribution in [-0.4, -0.2) is 20.6 Å². The fraction of sp³-hybridized carbons (Fsp3) is 0.200. The van der Waals surface area contributed by atoms with Crippen molar-refractivity contribution in [2.75, 3.05) is 0 Å². The number of aromatic nitrogens is 2. The van der Waals surface area contributed by atoms with Gasteiger partial charge in [0.1, 0.15) is 6.33 Å². The van der Waals surface area contributed by atoms with E-state index in [1.165, 1.54) is 0 Å². The highest BCUT2D eigenvalue weighted by Gasteiger charge is 2.31. The highest BCUT2D eigenvalue weighted by atomic mass is 19.4. The standard InChI is InChI=1S/C5H3F3N2O2/c6-5(7,8)10-1-3(4(11)12)9-2-10/h1-2H,(H,11,12). The summed E-state index contributed by atoms with van der Waals surface area (Å²) in [5, 5.41) is 8.22. The van der Waals surface area contributed by atoms with Crippen LogP contribution in [0, 0.1) is 0 Å². The van der Waals surface area contributed by atoms with Gasteiger partial charge in [0.25, 0.3) is 0 Å². The van der Waals surface area contributed by atoms with Crippen LogP contribution in [0.25, 0.3) is 0 Å². The Balaban J connectivity index is 3.00. The Morgan fingerprint density at radius 3 is 2.42 bits per heavy atom. The number of alkyl halides is 3. The van der Waals surface area contributed by atoms with E-state index in [1.807, 2.05) is 0 Å². The van der Waals surface area contributed by atoms with Gasteiger partial charge in [0.15, 0.2) is 5.69 Å². The minimum atomic E-state index is -4.61. The van der Waals surface area contributed by atoms with Gasteiger partial charge in [-0.05, 0) is 0 Å². The van der Waals surface area contributed by atoms with Crippen LogP contribution in [0.3, 0.4) is 0 Å². The first-order chi connectivity index (χ1) is 5.41. The van der Waals surface area contributed by atoms with Crippen molar-refractivity contribution in [3.63, 3.8) is 0 Å². The second-order valence-corrected chi connectivity index (χ2v) is 1.94. The number of carbonyl (C=O) groups is 1. The molecule has 0 bridgehead atoms. The summed E-state index contributed by atoms with van der Waals surface area (Å²) in [6, 6.07) is 0. The van der Waals surface area contributed by atoms with E-state index in [0.717, 1.165) is 0 Å². The number of imidazole rings is 1. The van der Waals surface area contributed by atoms with Crippen molar-refractivity contribution < 1.29 is 23.1 Å². The van der Waals surface area contributed by atoms with Crippen LogP contribution in [0.1, 0.15) is 10.5 Å². The van der Waals surface area contributed by atoms with Gasteiger partial charge < -0.3 is 5.11 Å².